The third-order valence-electron chi connectivity index (χ3n) is 5.63. The summed E-state index contributed by atoms with van der Waals surface area (Å²) >= 11 is 0. The number of carbonyl (C=O) groups is 1. The van der Waals surface area contributed by atoms with Crippen LogP contribution in [0.15, 0.2) is 48.5 Å². The van der Waals surface area contributed by atoms with E-state index >= 15 is 0 Å². The molecule has 1 aromatic heterocycles. The van der Waals surface area contributed by atoms with Crippen molar-refractivity contribution in [1.29, 1.82) is 5.26 Å². The number of rotatable bonds is 5. The Bertz CT molecular complexity index is 1190. The summed E-state index contributed by atoms with van der Waals surface area (Å²) in [7, 11) is 1.58. The predicted molar refractivity (Wildman–Crippen MR) is 128 cm³/mol. The van der Waals surface area contributed by atoms with Gasteiger partial charge in [-0.15, -0.1) is 0 Å². The molecule has 0 saturated carbocycles. The molecule has 0 radical (unpaired) electrons. The Morgan fingerprint density at radius 3 is 2.79 bits per heavy atom. The normalized spacial score (nSPS) is 13.8. The van der Waals surface area contributed by atoms with Gasteiger partial charge in [-0.25, -0.2) is 9.78 Å². The van der Waals surface area contributed by atoms with Crippen LogP contribution in [-0.4, -0.2) is 55.8 Å². The number of pyridine rings is 1. The standard InChI is InChI=1S/C25H27N5O3/c1-3-33-20-9-10-21-18(16-20)15-19(17-26)24(27-21)29-11-6-12-30(14-13-29)25(31)28-22-7-4-5-8-23(22)32-2/h4-5,7-10,15-16H,3,6,11-14H2,1-2H3,(H,28,31). The summed E-state index contributed by atoms with van der Waals surface area (Å²) in [6.07, 6.45) is 0.771. The van der Waals surface area contributed by atoms with Crippen molar-refractivity contribution in [2.24, 2.45) is 0 Å². The van der Waals surface area contributed by atoms with Gasteiger partial charge in [0.15, 0.2) is 0 Å². The number of aromatic nitrogens is 1. The number of hydrogen-bond acceptors (Lipinski definition) is 6. The zero-order valence-corrected chi connectivity index (χ0v) is 18.9. The summed E-state index contributed by atoms with van der Waals surface area (Å²) < 4.78 is 10.9. The topological polar surface area (TPSA) is 90.7 Å². The number of anilines is 2. The number of amides is 2. The van der Waals surface area contributed by atoms with Gasteiger partial charge in [0.25, 0.3) is 0 Å². The summed E-state index contributed by atoms with van der Waals surface area (Å²) in [5.74, 6) is 2.03. The first kappa shape index (κ1) is 22.2. The molecular formula is C25H27N5O3. The molecule has 3 aromatic rings. The number of methoxy groups -OCH3 is 1. The fourth-order valence-electron chi connectivity index (χ4n) is 4.00. The second kappa shape index (κ2) is 10.1. The highest BCUT2D eigenvalue weighted by Gasteiger charge is 2.22. The first-order valence-electron chi connectivity index (χ1n) is 11.0. The number of benzene rings is 2. The van der Waals surface area contributed by atoms with Gasteiger partial charge in [-0.05, 0) is 49.7 Å². The number of nitriles is 1. The highest BCUT2D eigenvalue weighted by Crippen LogP contribution is 2.27. The van der Waals surface area contributed by atoms with Crippen molar-refractivity contribution in [2.75, 3.05) is 50.1 Å². The van der Waals surface area contributed by atoms with Crippen LogP contribution in [0.2, 0.25) is 0 Å². The molecular weight excluding hydrogens is 418 g/mol. The molecule has 4 rings (SSSR count). The average Bonchev–Trinajstić information content (AvgIpc) is 3.10. The molecule has 0 unspecified atom stereocenters. The Morgan fingerprint density at radius 1 is 1.15 bits per heavy atom. The second-order valence-electron chi connectivity index (χ2n) is 7.72. The molecule has 2 aromatic carbocycles. The van der Waals surface area contributed by atoms with Crippen LogP contribution in [0.25, 0.3) is 10.9 Å². The monoisotopic (exact) mass is 445 g/mol. The van der Waals surface area contributed by atoms with Gasteiger partial charge >= 0.3 is 6.03 Å². The first-order valence-corrected chi connectivity index (χ1v) is 11.0. The molecule has 170 valence electrons. The van der Waals surface area contributed by atoms with E-state index in [-0.39, 0.29) is 6.03 Å². The summed E-state index contributed by atoms with van der Waals surface area (Å²) in [6, 6.07) is 17.0. The lowest BCUT2D eigenvalue weighted by Gasteiger charge is -2.24. The van der Waals surface area contributed by atoms with E-state index in [2.05, 4.69) is 16.3 Å². The van der Waals surface area contributed by atoms with Crippen LogP contribution in [0.3, 0.4) is 0 Å². The molecule has 8 nitrogen and oxygen atoms in total. The van der Waals surface area contributed by atoms with Gasteiger partial charge in [-0.3, -0.25) is 0 Å². The van der Waals surface area contributed by atoms with Crippen molar-refractivity contribution in [2.45, 2.75) is 13.3 Å². The smallest absolute Gasteiger partial charge is 0.322 e. The van der Waals surface area contributed by atoms with E-state index in [1.807, 2.05) is 55.5 Å². The molecule has 2 heterocycles. The molecule has 1 saturated heterocycles. The van der Waals surface area contributed by atoms with Crippen molar-refractivity contribution < 1.29 is 14.3 Å². The van der Waals surface area contributed by atoms with Crippen molar-refractivity contribution in [3.63, 3.8) is 0 Å². The van der Waals surface area contributed by atoms with Crippen LogP contribution >= 0.6 is 0 Å². The van der Waals surface area contributed by atoms with Crippen LogP contribution in [-0.2, 0) is 0 Å². The summed E-state index contributed by atoms with van der Waals surface area (Å²) in [6.45, 7) is 4.95. The van der Waals surface area contributed by atoms with Gasteiger partial charge in [0.2, 0.25) is 0 Å². The maximum atomic E-state index is 12.9. The minimum Gasteiger partial charge on any atom is -0.495 e. The van der Waals surface area contributed by atoms with Crippen LogP contribution < -0.4 is 19.7 Å². The van der Waals surface area contributed by atoms with E-state index in [0.29, 0.717) is 55.6 Å². The molecule has 8 heteroatoms. The Morgan fingerprint density at radius 2 is 2.00 bits per heavy atom. The zero-order valence-electron chi connectivity index (χ0n) is 18.9. The highest BCUT2D eigenvalue weighted by molar-refractivity contribution is 5.91. The second-order valence-corrected chi connectivity index (χ2v) is 7.72. The predicted octanol–water partition coefficient (Wildman–Crippen LogP) is 4.26. The first-order chi connectivity index (χ1) is 16.1. The van der Waals surface area contributed by atoms with Gasteiger partial charge in [0.05, 0.1) is 30.5 Å². The number of hydrogen-bond donors (Lipinski definition) is 1. The number of carbonyl (C=O) groups excluding carboxylic acids is 1. The number of para-hydroxylation sites is 2. The number of urea groups is 1. The summed E-state index contributed by atoms with van der Waals surface area (Å²) in [5.41, 5.74) is 1.96. The maximum absolute atomic E-state index is 12.9. The van der Waals surface area contributed by atoms with Gasteiger partial charge in [-0.2, -0.15) is 5.26 Å². The molecule has 0 aliphatic carbocycles. The maximum Gasteiger partial charge on any atom is 0.322 e. The lowest BCUT2D eigenvalue weighted by Crippen LogP contribution is -2.38. The third kappa shape index (κ3) is 4.93. The average molecular weight is 446 g/mol. The zero-order chi connectivity index (χ0) is 23.2. The van der Waals surface area contributed by atoms with E-state index in [1.54, 1.807) is 12.0 Å². The largest absolute Gasteiger partial charge is 0.495 e. The van der Waals surface area contributed by atoms with E-state index in [1.165, 1.54) is 0 Å². The quantitative estimate of drug-likeness (QED) is 0.631. The summed E-state index contributed by atoms with van der Waals surface area (Å²) in [4.78, 5) is 21.5. The number of nitrogens with one attached hydrogen (secondary N) is 1. The third-order valence-corrected chi connectivity index (χ3v) is 5.63. The fourth-order valence-corrected chi connectivity index (χ4v) is 4.00. The molecule has 0 spiro atoms. The molecule has 2 amide bonds. The van der Waals surface area contributed by atoms with Crippen LogP contribution in [0.4, 0.5) is 16.3 Å². The van der Waals surface area contributed by atoms with Crippen molar-refractivity contribution in [3.8, 4) is 17.6 Å². The molecule has 1 N–H and O–H groups in total. The highest BCUT2D eigenvalue weighted by atomic mass is 16.5. The summed E-state index contributed by atoms with van der Waals surface area (Å²) in [5, 5.41) is 13.6. The molecule has 1 aliphatic heterocycles. The minimum absolute atomic E-state index is 0.170. The Kier molecular flexibility index (Phi) is 6.79. The van der Waals surface area contributed by atoms with E-state index in [0.717, 1.165) is 23.1 Å². The Balaban J connectivity index is 1.50. The lowest BCUT2D eigenvalue weighted by molar-refractivity contribution is 0.215. The van der Waals surface area contributed by atoms with E-state index < -0.39 is 0 Å². The van der Waals surface area contributed by atoms with Gasteiger partial charge in [0.1, 0.15) is 23.4 Å². The fraction of sp³-hybridized carbons (Fsp3) is 0.320. The van der Waals surface area contributed by atoms with Gasteiger partial charge in [0, 0.05) is 31.6 Å². The number of fused-ring (bicyclic) bond motifs is 1. The molecule has 33 heavy (non-hydrogen) atoms. The molecule has 0 bridgehead atoms. The van der Waals surface area contributed by atoms with Crippen molar-refractivity contribution in [3.05, 3.63) is 54.1 Å². The molecule has 0 atom stereocenters. The van der Waals surface area contributed by atoms with E-state index in [4.69, 9.17) is 14.5 Å². The van der Waals surface area contributed by atoms with Crippen LogP contribution in [0, 0.1) is 11.3 Å². The number of nitrogens with zero attached hydrogens (tertiary/aromatic N) is 4. The molecule has 1 fully saturated rings. The Labute approximate surface area is 193 Å². The van der Waals surface area contributed by atoms with Gasteiger partial charge in [-0.1, -0.05) is 12.1 Å². The van der Waals surface area contributed by atoms with Gasteiger partial charge < -0.3 is 24.6 Å². The van der Waals surface area contributed by atoms with Crippen LogP contribution in [0.5, 0.6) is 11.5 Å². The van der Waals surface area contributed by atoms with Crippen LogP contribution in [0.1, 0.15) is 18.9 Å². The van der Waals surface area contributed by atoms with Crippen molar-refractivity contribution in [1.82, 2.24) is 9.88 Å². The Hall–Kier alpha value is -3.99. The van der Waals surface area contributed by atoms with E-state index in [9.17, 15) is 10.1 Å². The minimum atomic E-state index is -0.170. The SMILES string of the molecule is CCOc1ccc2nc(N3CCCN(C(=O)Nc4ccccc4OC)CC3)c(C#N)cc2c1. The van der Waals surface area contributed by atoms with Crippen molar-refractivity contribution >= 4 is 28.4 Å². The lowest BCUT2D eigenvalue weighted by atomic mass is 10.1. The molecule has 1 aliphatic rings. The number of ether oxygens (including phenoxy) is 2.